The van der Waals surface area contributed by atoms with E-state index in [1.54, 1.807) is 34.9 Å². The zero-order valence-corrected chi connectivity index (χ0v) is 14.8. The fraction of sp³-hybridized carbons (Fsp3) is 0.0435. The van der Waals surface area contributed by atoms with Crippen LogP contribution >= 0.6 is 0 Å². The molecule has 3 aromatic carbocycles. The van der Waals surface area contributed by atoms with Crippen LogP contribution in [0.15, 0.2) is 77.6 Å². The summed E-state index contributed by atoms with van der Waals surface area (Å²) in [6.07, 6.45) is 3.50. The summed E-state index contributed by atoms with van der Waals surface area (Å²) in [4.78, 5) is 17.8. The average molecular weight is 356 g/mol. The first-order chi connectivity index (χ1) is 13.1. The minimum atomic E-state index is -0.306. The SMILES string of the molecule is Cc1cccc(-n2c(/C=C/c3cccc(F)c3)nc3ccccc3c2=O)c1. The highest BCUT2D eigenvalue weighted by atomic mass is 19.1. The molecule has 0 aliphatic heterocycles. The molecule has 0 saturated heterocycles. The molecular formula is C23H17FN2O. The van der Waals surface area contributed by atoms with Crippen LogP contribution in [0.3, 0.4) is 0 Å². The number of fused-ring (bicyclic) bond motifs is 1. The van der Waals surface area contributed by atoms with Crippen molar-refractivity contribution < 1.29 is 4.39 Å². The molecule has 4 rings (SSSR count). The smallest absolute Gasteiger partial charge is 0.266 e. The maximum Gasteiger partial charge on any atom is 0.266 e. The summed E-state index contributed by atoms with van der Waals surface area (Å²) in [6.45, 7) is 1.98. The molecular weight excluding hydrogens is 339 g/mol. The van der Waals surface area contributed by atoms with Gasteiger partial charge in [-0.1, -0.05) is 42.5 Å². The number of para-hydroxylation sites is 1. The van der Waals surface area contributed by atoms with Crippen LogP contribution in [0.5, 0.6) is 0 Å². The molecule has 3 nitrogen and oxygen atoms in total. The first kappa shape index (κ1) is 16.9. The van der Waals surface area contributed by atoms with Gasteiger partial charge in [0.15, 0.2) is 0 Å². The molecule has 0 amide bonds. The predicted octanol–water partition coefficient (Wildman–Crippen LogP) is 5.00. The second-order valence-corrected chi connectivity index (χ2v) is 6.36. The number of aryl methyl sites for hydroxylation is 1. The van der Waals surface area contributed by atoms with E-state index in [0.717, 1.165) is 11.3 Å². The van der Waals surface area contributed by atoms with Crippen LogP contribution in [-0.2, 0) is 0 Å². The third kappa shape index (κ3) is 3.42. The first-order valence-corrected chi connectivity index (χ1v) is 8.64. The van der Waals surface area contributed by atoms with E-state index < -0.39 is 0 Å². The van der Waals surface area contributed by atoms with E-state index in [1.807, 2.05) is 49.4 Å². The third-order valence-corrected chi connectivity index (χ3v) is 4.34. The van der Waals surface area contributed by atoms with Gasteiger partial charge in [-0.2, -0.15) is 0 Å². The van der Waals surface area contributed by atoms with Crippen LogP contribution in [-0.4, -0.2) is 9.55 Å². The van der Waals surface area contributed by atoms with Gasteiger partial charge in [-0.3, -0.25) is 9.36 Å². The lowest BCUT2D eigenvalue weighted by Gasteiger charge is -2.12. The second-order valence-electron chi connectivity index (χ2n) is 6.36. The van der Waals surface area contributed by atoms with Crippen molar-refractivity contribution in [2.24, 2.45) is 0 Å². The van der Waals surface area contributed by atoms with Crippen molar-refractivity contribution >= 4 is 23.1 Å². The van der Waals surface area contributed by atoms with Gasteiger partial charge in [0.25, 0.3) is 5.56 Å². The summed E-state index contributed by atoms with van der Waals surface area (Å²) in [5.74, 6) is 0.188. The van der Waals surface area contributed by atoms with Crippen LogP contribution in [0.25, 0.3) is 28.7 Å². The van der Waals surface area contributed by atoms with Crippen molar-refractivity contribution in [1.82, 2.24) is 9.55 Å². The molecule has 4 aromatic rings. The lowest BCUT2D eigenvalue weighted by molar-refractivity contribution is 0.627. The highest BCUT2D eigenvalue weighted by Crippen LogP contribution is 2.16. The third-order valence-electron chi connectivity index (χ3n) is 4.34. The van der Waals surface area contributed by atoms with Crippen molar-refractivity contribution in [1.29, 1.82) is 0 Å². The fourth-order valence-corrected chi connectivity index (χ4v) is 3.06. The van der Waals surface area contributed by atoms with Gasteiger partial charge >= 0.3 is 0 Å². The molecule has 0 aliphatic carbocycles. The molecule has 4 heteroatoms. The van der Waals surface area contributed by atoms with Gasteiger partial charge < -0.3 is 0 Å². The van der Waals surface area contributed by atoms with E-state index >= 15 is 0 Å². The highest BCUT2D eigenvalue weighted by Gasteiger charge is 2.11. The standard InChI is InChI=1S/C23H17FN2O/c1-16-6-4-9-19(14-16)26-22(13-12-17-7-5-8-18(24)15-17)25-21-11-3-2-10-20(21)23(26)27/h2-15H,1H3/b13-12+. The van der Waals surface area contributed by atoms with Crippen LogP contribution in [0.2, 0.25) is 0 Å². The van der Waals surface area contributed by atoms with E-state index in [0.29, 0.717) is 22.3 Å². The second kappa shape index (κ2) is 7.00. The Morgan fingerprint density at radius 2 is 1.74 bits per heavy atom. The summed E-state index contributed by atoms with van der Waals surface area (Å²) in [7, 11) is 0. The molecule has 0 spiro atoms. The lowest BCUT2D eigenvalue weighted by Crippen LogP contribution is -2.22. The van der Waals surface area contributed by atoms with E-state index in [9.17, 15) is 9.18 Å². The normalized spacial score (nSPS) is 11.3. The van der Waals surface area contributed by atoms with Crippen LogP contribution in [0, 0.1) is 12.7 Å². The molecule has 27 heavy (non-hydrogen) atoms. The predicted molar refractivity (Wildman–Crippen MR) is 107 cm³/mol. The van der Waals surface area contributed by atoms with Gasteiger partial charge in [-0.05, 0) is 60.5 Å². The van der Waals surface area contributed by atoms with Crippen molar-refractivity contribution in [3.8, 4) is 5.69 Å². The van der Waals surface area contributed by atoms with Crippen LogP contribution < -0.4 is 5.56 Å². The van der Waals surface area contributed by atoms with Gasteiger partial charge in [0.05, 0.1) is 16.6 Å². The Morgan fingerprint density at radius 1 is 0.926 bits per heavy atom. The minimum Gasteiger partial charge on any atom is -0.268 e. The summed E-state index contributed by atoms with van der Waals surface area (Å²) in [5, 5.41) is 0.557. The Bertz CT molecular complexity index is 1220. The maximum atomic E-state index is 13.4. The van der Waals surface area contributed by atoms with Crippen molar-refractivity contribution in [2.75, 3.05) is 0 Å². The Balaban J connectivity index is 1.95. The zero-order valence-electron chi connectivity index (χ0n) is 14.8. The van der Waals surface area contributed by atoms with E-state index in [-0.39, 0.29) is 11.4 Å². The zero-order chi connectivity index (χ0) is 18.8. The van der Waals surface area contributed by atoms with Gasteiger partial charge in [0.1, 0.15) is 11.6 Å². The number of halogens is 1. The molecule has 0 N–H and O–H groups in total. The molecule has 0 bridgehead atoms. The largest absolute Gasteiger partial charge is 0.268 e. The maximum absolute atomic E-state index is 13.4. The number of benzene rings is 3. The molecule has 0 fully saturated rings. The molecule has 0 atom stereocenters. The van der Waals surface area contributed by atoms with Gasteiger partial charge in [0, 0.05) is 0 Å². The number of hydrogen-bond acceptors (Lipinski definition) is 2. The van der Waals surface area contributed by atoms with Gasteiger partial charge in [0.2, 0.25) is 0 Å². The molecule has 1 heterocycles. The minimum absolute atomic E-state index is 0.134. The number of rotatable bonds is 3. The summed E-state index contributed by atoms with van der Waals surface area (Å²) in [6, 6.07) is 21.3. The number of hydrogen-bond donors (Lipinski definition) is 0. The summed E-state index contributed by atoms with van der Waals surface area (Å²) < 4.78 is 15.0. The Kier molecular flexibility index (Phi) is 4.38. The quantitative estimate of drug-likeness (QED) is 0.517. The van der Waals surface area contributed by atoms with E-state index in [1.165, 1.54) is 12.1 Å². The summed E-state index contributed by atoms with van der Waals surface area (Å²) >= 11 is 0. The topological polar surface area (TPSA) is 34.9 Å². The van der Waals surface area contributed by atoms with Crippen molar-refractivity contribution in [2.45, 2.75) is 6.92 Å². The molecule has 0 aliphatic rings. The number of aromatic nitrogens is 2. The van der Waals surface area contributed by atoms with Gasteiger partial charge in [-0.25, -0.2) is 9.37 Å². The lowest BCUT2D eigenvalue weighted by atomic mass is 10.2. The van der Waals surface area contributed by atoms with E-state index in [2.05, 4.69) is 4.98 Å². The van der Waals surface area contributed by atoms with E-state index in [4.69, 9.17) is 0 Å². The summed E-state index contributed by atoms with van der Waals surface area (Å²) in [5.41, 5.74) is 2.99. The first-order valence-electron chi connectivity index (χ1n) is 8.64. The number of nitrogens with zero attached hydrogens (tertiary/aromatic N) is 2. The van der Waals surface area contributed by atoms with Crippen molar-refractivity contribution in [3.63, 3.8) is 0 Å². The average Bonchev–Trinajstić information content (AvgIpc) is 2.66. The molecule has 0 radical (unpaired) electrons. The Labute approximate surface area is 156 Å². The molecule has 0 saturated carbocycles. The monoisotopic (exact) mass is 356 g/mol. The van der Waals surface area contributed by atoms with Crippen LogP contribution in [0.4, 0.5) is 4.39 Å². The molecule has 0 unspecified atom stereocenters. The fourth-order valence-electron chi connectivity index (χ4n) is 3.06. The van der Waals surface area contributed by atoms with Gasteiger partial charge in [-0.15, -0.1) is 0 Å². The molecule has 1 aromatic heterocycles. The van der Waals surface area contributed by atoms with Crippen LogP contribution in [0.1, 0.15) is 17.0 Å². The van der Waals surface area contributed by atoms with Crippen molar-refractivity contribution in [3.05, 3.63) is 106 Å². The highest BCUT2D eigenvalue weighted by molar-refractivity contribution is 5.80. The Hall–Kier alpha value is -3.53. The Morgan fingerprint density at radius 3 is 2.56 bits per heavy atom. The molecule has 132 valence electrons.